The molecular formula is C14H18N4O2S. The van der Waals surface area contributed by atoms with Gasteiger partial charge >= 0.3 is 0 Å². The van der Waals surface area contributed by atoms with Gasteiger partial charge in [0.05, 0.1) is 14.2 Å². The molecule has 2 aromatic rings. The van der Waals surface area contributed by atoms with E-state index >= 15 is 0 Å². The molecule has 0 radical (unpaired) electrons. The van der Waals surface area contributed by atoms with Crippen LogP contribution in [0, 0.1) is 0 Å². The molecule has 0 unspecified atom stereocenters. The molecule has 1 aliphatic carbocycles. The van der Waals surface area contributed by atoms with E-state index in [1.807, 2.05) is 18.2 Å². The van der Waals surface area contributed by atoms with Crippen molar-refractivity contribution < 1.29 is 9.47 Å². The van der Waals surface area contributed by atoms with Gasteiger partial charge in [-0.3, -0.25) is 0 Å². The van der Waals surface area contributed by atoms with Crippen LogP contribution in [0.3, 0.4) is 0 Å². The number of hydrogen-bond acceptors (Lipinski definition) is 6. The van der Waals surface area contributed by atoms with Gasteiger partial charge in [0.15, 0.2) is 0 Å². The second kappa shape index (κ2) is 6.34. The summed E-state index contributed by atoms with van der Waals surface area (Å²) in [7, 11) is 3.28. The Hall–Kier alpha value is -1.76. The predicted molar refractivity (Wildman–Crippen MR) is 80.4 cm³/mol. The number of rotatable bonds is 5. The van der Waals surface area contributed by atoms with E-state index in [4.69, 9.17) is 9.47 Å². The Bertz CT molecular complexity index is 611. The predicted octanol–water partition coefficient (Wildman–Crippen LogP) is 2.71. The third-order valence-corrected chi connectivity index (χ3v) is 4.90. The summed E-state index contributed by atoms with van der Waals surface area (Å²) in [6.07, 6.45) is 5.04. The second-order valence-electron chi connectivity index (χ2n) is 4.94. The third kappa shape index (κ3) is 2.97. The smallest absolute Gasteiger partial charge is 0.214 e. The molecule has 0 spiro atoms. The van der Waals surface area contributed by atoms with E-state index in [1.165, 1.54) is 25.7 Å². The largest absolute Gasteiger partial charge is 0.497 e. The molecule has 1 aromatic heterocycles. The van der Waals surface area contributed by atoms with Crippen molar-refractivity contribution in [2.75, 3.05) is 14.2 Å². The first kappa shape index (κ1) is 14.2. The monoisotopic (exact) mass is 306 g/mol. The first-order valence-corrected chi connectivity index (χ1v) is 7.87. The van der Waals surface area contributed by atoms with Crippen LogP contribution in [-0.4, -0.2) is 39.7 Å². The topological polar surface area (TPSA) is 62.1 Å². The number of hydrogen-bond donors (Lipinski definition) is 0. The molecule has 0 atom stereocenters. The minimum atomic E-state index is 0.603. The lowest BCUT2D eigenvalue weighted by Crippen LogP contribution is -2.04. The quantitative estimate of drug-likeness (QED) is 0.846. The maximum absolute atomic E-state index is 5.41. The SMILES string of the molecule is COc1ccc(OC)c(-n2nnnc2SC2CCCC2)c1. The zero-order valence-electron chi connectivity index (χ0n) is 12.2. The van der Waals surface area contributed by atoms with Gasteiger partial charge in [0, 0.05) is 11.3 Å². The number of nitrogens with zero attached hydrogens (tertiary/aromatic N) is 4. The molecule has 21 heavy (non-hydrogen) atoms. The summed E-state index contributed by atoms with van der Waals surface area (Å²) in [6.45, 7) is 0. The Kier molecular flexibility index (Phi) is 4.28. The van der Waals surface area contributed by atoms with Crippen molar-refractivity contribution in [2.45, 2.75) is 36.1 Å². The average molecular weight is 306 g/mol. The Morgan fingerprint density at radius 1 is 1.19 bits per heavy atom. The fourth-order valence-corrected chi connectivity index (χ4v) is 3.71. The van der Waals surface area contributed by atoms with Gasteiger partial charge in [-0.05, 0) is 35.4 Å². The zero-order valence-corrected chi connectivity index (χ0v) is 13.0. The summed E-state index contributed by atoms with van der Waals surface area (Å²) >= 11 is 1.74. The summed E-state index contributed by atoms with van der Waals surface area (Å²) in [5.74, 6) is 1.47. The Balaban J connectivity index is 1.94. The number of benzene rings is 1. The van der Waals surface area contributed by atoms with Crippen LogP contribution in [0.4, 0.5) is 0 Å². The molecule has 3 rings (SSSR count). The van der Waals surface area contributed by atoms with Crippen LogP contribution in [0.2, 0.25) is 0 Å². The van der Waals surface area contributed by atoms with Crippen LogP contribution in [0.15, 0.2) is 23.4 Å². The van der Waals surface area contributed by atoms with E-state index in [2.05, 4.69) is 15.5 Å². The lowest BCUT2D eigenvalue weighted by atomic mass is 10.3. The normalized spacial score (nSPS) is 15.3. The number of aromatic nitrogens is 4. The van der Waals surface area contributed by atoms with Gasteiger partial charge in [0.25, 0.3) is 0 Å². The van der Waals surface area contributed by atoms with Gasteiger partial charge < -0.3 is 9.47 Å². The van der Waals surface area contributed by atoms with Crippen molar-refractivity contribution in [1.82, 2.24) is 20.2 Å². The third-order valence-electron chi connectivity index (χ3n) is 3.63. The second-order valence-corrected chi connectivity index (χ2v) is 6.20. The summed E-state index contributed by atoms with van der Waals surface area (Å²) in [5.41, 5.74) is 0.794. The molecule has 1 fully saturated rings. The number of tetrazole rings is 1. The van der Waals surface area contributed by atoms with E-state index in [0.717, 1.165) is 22.3 Å². The standard InChI is InChI=1S/C14H18N4O2S/c1-19-10-7-8-13(20-2)12(9-10)18-14(15-16-17-18)21-11-5-3-4-6-11/h7-9,11H,3-6H2,1-2H3. The lowest BCUT2D eigenvalue weighted by Gasteiger charge is -2.12. The van der Waals surface area contributed by atoms with E-state index in [0.29, 0.717) is 5.25 Å². The molecule has 7 heteroatoms. The lowest BCUT2D eigenvalue weighted by molar-refractivity contribution is 0.399. The highest BCUT2D eigenvalue weighted by Gasteiger charge is 2.21. The maximum atomic E-state index is 5.41. The highest BCUT2D eigenvalue weighted by molar-refractivity contribution is 7.99. The van der Waals surface area contributed by atoms with Crippen molar-refractivity contribution in [3.05, 3.63) is 18.2 Å². The maximum Gasteiger partial charge on any atom is 0.214 e. The van der Waals surface area contributed by atoms with Crippen LogP contribution in [-0.2, 0) is 0 Å². The van der Waals surface area contributed by atoms with Gasteiger partial charge in [-0.2, -0.15) is 4.68 Å². The summed E-state index contributed by atoms with van der Waals surface area (Å²) in [4.78, 5) is 0. The summed E-state index contributed by atoms with van der Waals surface area (Å²) in [5, 5.41) is 13.5. The minimum absolute atomic E-state index is 0.603. The fraction of sp³-hybridized carbons (Fsp3) is 0.500. The first-order valence-electron chi connectivity index (χ1n) is 6.99. The van der Waals surface area contributed by atoms with Crippen LogP contribution < -0.4 is 9.47 Å². The molecule has 1 saturated carbocycles. The summed E-state index contributed by atoms with van der Waals surface area (Å²) in [6, 6.07) is 5.60. The molecule has 1 aromatic carbocycles. The Labute approximate surface area is 127 Å². The van der Waals surface area contributed by atoms with E-state index in [9.17, 15) is 0 Å². The number of methoxy groups -OCH3 is 2. The molecule has 6 nitrogen and oxygen atoms in total. The van der Waals surface area contributed by atoms with E-state index < -0.39 is 0 Å². The number of thioether (sulfide) groups is 1. The van der Waals surface area contributed by atoms with Gasteiger partial charge in [0.2, 0.25) is 5.16 Å². The van der Waals surface area contributed by atoms with Gasteiger partial charge in [0.1, 0.15) is 17.2 Å². The highest BCUT2D eigenvalue weighted by atomic mass is 32.2. The molecule has 112 valence electrons. The van der Waals surface area contributed by atoms with Gasteiger partial charge in [-0.25, -0.2) is 0 Å². The molecule has 0 aliphatic heterocycles. The van der Waals surface area contributed by atoms with Crippen molar-refractivity contribution in [3.63, 3.8) is 0 Å². The van der Waals surface area contributed by atoms with Gasteiger partial charge in [-0.1, -0.05) is 24.6 Å². The molecular weight excluding hydrogens is 288 g/mol. The first-order chi connectivity index (χ1) is 10.3. The highest BCUT2D eigenvalue weighted by Crippen LogP contribution is 2.35. The van der Waals surface area contributed by atoms with E-state index in [1.54, 1.807) is 30.7 Å². The molecule has 0 amide bonds. The van der Waals surface area contributed by atoms with Crippen LogP contribution in [0.5, 0.6) is 11.5 Å². The van der Waals surface area contributed by atoms with Crippen LogP contribution in [0.1, 0.15) is 25.7 Å². The fourth-order valence-electron chi connectivity index (χ4n) is 2.52. The Morgan fingerprint density at radius 3 is 2.71 bits per heavy atom. The summed E-state index contributed by atoms with van der Waals surface area (Å²) < 4.78 is 12.4. The molecule has 1 aliphatic rings. The van der Waals surface area contributed by atoms with Gasteiger partial charge in [-0.15, -0.1) is 5.10 Å². The average Bonchev–Trinajstić information content (AvgIpc) is 3.19. The zero-order chi connectivity index (χ0) is 14.7. The molecule has 0 saturated heterocycles. The van der Waals surface area contributed by atoms with Crippen molar-refractivity contribution >= 4 is 11.8 Å². The Morgan fingerprint density at radius 2 is 2.00 bits per heavy atom. The van der Waals surface area contributed by atoms with Crippen molar-refractivity contribution in [2.24, 2.45) is 0 Å². The van der Waals surface area contributed by atoms with Crippen molar-refractivity contribution in [1.29, 1.82) is 0 Å². The van der Waals surface area contributed by atoms with Crippen LogP contribution in [0.25, 0.3) is 5.69 Å². The molecule has 0 bridgehead atoms. The van der Waals surface area contributed by atoms with E-state index in [-0.39, 0.29) is 0 Å². The molecule has 1 heterocycles. The minimum Gasteiger partial charge on any atom is -0.497 e. The van der Waals surface area contributed by atoms with Crippen molar-refractivity contribution in [3.8, 4) is 17.2 Å². The van der Waals surface area contributed by atoms with Crippen LogP contribution >= 0.6 is 11.8 Å². The number of ether oxygens (including phenoxy) is 2. The molecule has 0 N–H and O–H groups in total.